The van der Waals surface area contributed by atoms with Gasteiger partial charge in [-0.05, 0) is 35.2 Å². The summed E-state index contributed by atoms with van der Waals surface area (Å²) in [5, 5.41) is 6.86. The van der Waals surface area contributed by atoms with Gasteiger partial charge in [0.15, 0.2) is 4.73 Å². The van der Waals surface area contributed by atoms with Gasteiger partial charge in [0.2, 0.25) is 5.95 Å². The minimum Gasteiger partial charge on any atom is -0.340 e. The van der Waals surface area contributed by atoms with E-state index in [4.69, 9.17) is 0 Å². The standard InChI is InChI=1S/C7H11BrN4/c8-6-9-7(11-10-6)12-4-2-1-3-5-12/h1-5H2,(H,9,10,11). The van der Waals surface area contributed by atoms with Crippen LogP contribution in [0.15, 0.2) is 4.73 Å². The summed E-state index contributed by atoms with van der Waals surface area (Å²) >= 11 is 3.24. The maximum Gasteiger partial charge on any atom is 0.245 e. The zero-order valence-corrected chi connectivity index (χ0v) is 8.34. The van der Waals surface area contributed by atoms with E-state index in [0.29, 0.717) is 4.73 Å². The van der Waals surface area contributed by atoms with Crippen LogP contribution in [0.1, 0.15) is 19.3 Å². The molecule has 0 bridgehead atoms. The molecule has 2 rings (SSSR count). The summed E-state index contributed by atoms with van der Waals surface area (Å²) in [5.41, 5.74) is 0. The number of aromatic amines is 1. The molecule has 1 fully saturated rings. The van der Waals surface area contributed by atoms with Gasteiger partial charge in [-0.3, -0.25) is 5.10 Å². The van der Waals surface area contributed by atoms with E-state index in [2.05, 4.69) is 36.0 Å². The fourth-order valence-corrected chi connectivity index (χ4v) is 1.72. The van der Waals surface area contributed by atoms with E-state index < -0.39 is 0 Å². The molecule has 0 spiro atoms. The first-order valence-electron chi connectivity index (χ1n) is 4.19. The van der Waals surface area contributed by atoms with Crippen molar-refractivity contribution >= 4 is 21.9 Å². The molecular formula is C7H11BrN4. The van der Waals surface area contributed by atoms with Gasteiger partial charge in [0.25, 0.3) is 0 Å². The highest BCUT2D eigenvalue weighted by molar-refractivity contribution is 9.10. The molecule has 1 N–H and O–H groups in total. The van der Waals surface area contributed by atoms with Gasteiger partial charge in [0.05, 0.1) is 0 Å². The van der Waals surface area contributed by atoms with Crippen molar-refractivity contribution in [3.8, 4) is 0 Å². The predicted octanol–water partition coefficient (Wildman–Crippen LogP) is 1.56. The summed E-state index contributed by atoms with van der Waals surface area (Å²) in [6.45, 7) is 2.18. The quantitative estimate of drug-likeness (QED) is 0.797. The molecule has 0 unspecified atom stereocenters. The zero-order valence-electron chi connectivity index (χ0n) is 6.76. The van der Waals surface area contributed by atoms with Crippen LogP contribution in [0, 0.1) is 0 Å². The summed E-state index contributed by atoms with van der Waals surface area (Å²) in [4.78, 5) is 6.42. The van der Waals surface area contributed by atoms with Crippen LogP contribution >= 0.6 is 15.9 Å². The van der Waals surface area contributed by atoms with Crippen LogP contribution in [0.25, 0.3) is 0 Å². The number of hydrogen-bond acceptors (Lipinski definition) is 3. The Morgan fingerprint density at radius 1 is 1.25 bits per heavy atom. The minimum absolute atomic E-state index is 0.711. The monoisotopic (exact) mass is 230 g/mol. The Kier molecular flexibility index (Phi) is 2.30. The molecule has 2 heterocycles. The SMILES string of the molecule is Brc1nc(N2CCCCC2)n[nH]1. The van der Waals surface area contributed by atoms with E-state index in [1.165, 1.54) is 19.3 Å². The normalized spacial score (nSPS) is 18.2. The average molecular weight is 231 g/mol. The summed E-state index contributed by atoms with van der Waals surface area (Å²) in [6, 6.07) is 0. The molecular weight excluding hydrogens is 220 g/mol. The highest BCUT2D eigenvalue weighted by Crippen LogP contribution is 2.16. The number of anilines is 1. The van der Waals surface area contributed by atoms with E-state index in [-0.39, 0.29) is 0 Å². The van der Waals surface area contributed by atoms with Crippen LogP contribution in [-0.2, 0) is 0 Å². The van der Waals surface area contributed by atoms with Gasteiger partial charge in [-0.1, -0.05) is 0 Å². The first kappa shape index (κ1) is 8.04. The molecule has 0 saturated carbocycles. The van der Waals surface area contributed by atoms with Crippen LogP contribution in [0.2, 0.25) is 0 Å². The fourth-order valence-electron chi connectivity index (χ4n) is 1.47. The predicted molar refractivity (Wildman–Crippen MR) is 50.1 cm³/mol. The molecule has 0 amide bonds. The van der Waals surface area contributed by atoms with Crippen molar-refractivity contribution in [1.82, 2.24) is 15.2 Å². The third kappa shape index (κ3) is 1.60. The van der Waals surface area contributed by atoms with Crippen molar-refractivity contribution in [3.05, 3.63) is 4.73 Å². The maximum atomic E-state index is 4.21. The lowest BCUT2D eigenvalue weighted by atomic mass is 10.1. The van der Waals surface area contributed by atoms with Gasteiger partial charge in [-0.2, -0.15) is 4.98 Å². The first-order chi connectivity index (χ1) is 5.86. The van der Waals surface area contributed by atoms with Gasteiger partial charge in [0, 0.05) is 13.1 Å². The highest BCUT2D eigenvalue weighted by atomic mass is 79.9. The number of aromatic nitrogens is 3. The van der Waals surface area contributed by atoms with Crippen LogP contribution in [0.5, 0.6) is 0 Å². The molecule has 1 aromatic heterocycles. The van der Waals surface area contributed by atoms with Gasteiger partial charge in [0.1, 0.15) is 0 Å². The Hall–Kier alpha value is -0.580. The van der Waals surface area contributed by atoms with Crippen LogP contribution < -0.4 is 4.90 Å². The second kappa shape index (κ2) is 3.43. The molecule has 1 aromatic rings. The summed E-state index contributed by atoms with van der Waals surface area (Å²) in [5.74, 6) is 0.821. The molecule has 0 radical (unpaired) electrons. The summed E-state index contributed by atoms with van der Waals surface area (Å²) in [6.07, 6.45) is 3.85. The van der Waals surface area contributed by atoms with Crippen molar-refractivity contribution in [1.29, 1.82) is 0 Å². The number of nitrogens with one attached hydrogen (secondary N) is 1. The fraction of sp³-hybridized carbons (Fsp3) is 0.714. The Labute approximate surface area is 79.5 Å². The lowest BCUT2D eigenvalue weighted by Crippen LogP contribution is -2.30. The Morgan fingerprint density at radius 3 is 2.58 bits per heavy atom. The third-order valence-electron chi connectivity index (χ3n) is 2.09. The molecule has 1 saturated heterocycles. The lowest BCUT2D eigenvalue weighted by molar-refractivity contribution is 0.569. The minimum atomic E-state index is 0.711. The number of piperidine rings is 1. The molecule has 66 valence electrons. The second-order valence-corrected chi connectivity index (χ2v) is 3.73. The third-order valence-corrected chi connectivity index (χ3v) is 2.44. The Balaban J connectivity index is 2.08. The zero-order chi connectivity index (χ0) is 8.39. The van der Waals surface area contributed by atoms with E-state index in [0.717, 1.165) is 19.0 Å². The van der Waals surface area contributed by atoms with Crippen molar-refractivity contribution in [2.24, 2.45) is 0 Å². The number of rotatable bonds is 1. The van der Waals surface area contributed by atoms with Crippen molar-refractivity contribution in [2.45, 2.75) is 19.3 Å². The number of halogens is 1. The van der Waals surface area contributed by atoms with Crippen LogP contribution in [-0.4, -0.2) is 28.3 Å². The Bertz CT molecular complexity index is 254. The number of H-pyrrole nitrogens is 1. The van der Waals surface area contributed by atoms with Crippen LogP contribution in [0.3, 0.4) is 0 Å². The molecule has 12 heavy (non-hydrogen) atoms. The summed E-state index contributed by atoms with van der Waals surface area (Å²) in [7, 11) is 0. The van der Waals surface area contributed by atoms with Gasteiger partial charge in [-0.15, -0.1) is 5.10 Å². The first-order valence-corrected chi connectivity index (χ1v) is 4.98. The molecule has 5 heteroatoms. The van der Waals surface area contributed by atoms with E-state index in [9.17, 15) is 0 Å². The number of hydrogen-bond donors (Lipinski definition) is 1. The van der Waals surface area contributed by atoms with Gasteiger partial charge >= 0.3 is 0 Å². The largest absolute Gasteiger partial charge is 0.340 e. The Morgan fingerprint density at radius 2 is 2.00 bits per heavy atom. The lowest BCUT2D eigenvalue weighted by Gasteiger charge is -2.24. The topological polar surface area (TPSA) is 44.8 Å². The molecule has 1 aliphatic heterocycles. The van der Waals surface area contributed by atoms with Gasteiger partial charge < -0.3 is 4.90 Å². The van der Waals surface area contributed by atoms with Crippen LogP contribution in [0.4, 0.5) is 5.95 Å². The van der Waals surface area contributed by atoms with E-state index >= 15 is 0 Å². The molecule has 1 aliphatic rings. The van der Waals surface area contributed by atoms with E-state index in [1.54, 1.807) is 0 Å². The van der Waals surface area contributed by atoms with Gasteiger partial charge in [-0.25, -0.2) is 0 Å². The summed E-state index contributed by atoms with van der Waals surface area (Å²) < 4.78 is 0.711. The second-order valence-electron chi connectivity index (χ2n) is 2.97. The molecule has 0 aliphatic carbocycles. The van der Waals surface area contributed by atoms with Crippen molar-refractivity contribution < 1.29 is 0 Å². The molecule has 0 atom stereocenters. The molecule has 0 aromatic carbocycles. The van der Waals surface area contributed by atoms with Crippen molar-refractivity contribution in [3.63, 3.8) is 0 Å². The van der Waals surface area contributed by atoms with Crippen molar-refractivity contribution in [2.75, 3.05) is 18.0 Å². The highest BCUT2D eigenvalue weighted by Gasteiger charge is 2.14. The average Bonchev–Trinajstić information content (AvgIpc) is 2.54. The van der Waals surface area contributed by atoms with E-state index in [1.807, 2.05) is 0 Å². The maximum absolute atomic E-state index is 4.21. The number of nitrogens with zero attached hydrogens (tertiary/aromatic N) is 3. The smallest absolute Gasteiger partial charge is 0.245 e. The molecule has 4 nitrogen and oxygen atoms in total.